The number of hydrogen-bond acceptors (Lipinski definition) is 3. The largest absolute Gasteiger partial charge is 0.394 e. The van der Waals surface area contributed by atoms with E-state index in [0.717, 1.165) is 30.4 Å². The molecule has 100 valence electrons. The molecule has 1 aromatic rings. The van der Waals surface area contributed by atoms with E-state index in [0.29, 0.717) is 6.04 Å². The lowest BCUT2D eigenvalue weighted by Gasteiger charge is -2.39. The Hall–Kier alpha value is -1.19. The molecule has 1 saturated heterocycles. The number of nitrogens with two attached hydrogens (primary N) is 1. The maximum atomic E-state index is 6.27. The van der Waals surface area contributed by atoms with E-state index >= 15 is 0 Å². The van der Waals surface area contributed by atoms with Gasteiger partial charge < -0.3 is 10.6 Å². The van der Waals surface area contributed by atoms with Gasteiger partial charge in [-0.25, -0.2) is 4.68 Å². The van der Waals surface area contributed by atoms with Gasteiger partial charge >= 0.3 is 0 Å². The van der Waals surface area contributed by atoms with Gasteiger partial charge in [0, 0.05) is 19.1 Å². The van der Waals surface area contributed by atoms with Crippen LogP contribution in [-0.4, -0.2) is 22.4 Å². The molecule has 2 aliphatic rings. The standard InChI is InChI=1S/C14H24N4/c1-3-18-14(13(15)10(2)16-18)17-9-5-7-11-6-4-8-12(11)17/h11-12H,3-9,15H2,1-2H3. The predicted octanol–water partition coefficient (Wildman–Crippen LogP) is 2.56. The van der Waals surface area contributed by atoms with Gasteiger partial charge in [0.25, 0.3) is 0 Å². The number of hydrogen-bond donors (Lipinski definition) is 1. The highest BCUT2D eigenvalue weighted by molar-refractivity contribution is 5.67. The quantitative estimate of drug-likeness (QED) is 0.875. The normalized spacial score (nSPS) is 27.6. The predicted molar refractivity (Wildman–Crippen MR) is 74.8 cm³/mol. The summed E-state index contributed by atoms with van der Waals surface area (Å²) in [6.45, 7) is 6.21. The van der Waals surface area contributed by atoms with E-state index in [1.54, 1.807) is 0 Å². The van der Waals surface area contributed by atoms with Gasteiger partial charge in [-0.05, 0) is 45.4 Å². The van der Waals surface area contributed by atoms with E-state index in [1.165, 1.54) is 37.9 Å². The minimum absolute atomic E-state index is 0.711. The topological polar surface area (TPSA) is 47.1 Å². The molecule has 3 rings (SSSR count). The highest BCUT2D eigenvalue weighted by atomic mass is 15.4. The Bertz CT molecular complexity index is 437. The smallest absolute Gasteiger partial charge is 0.150 e. The molecule has 2 N–H and O–H groups in total. The fraction of sp³-hybridized carbons (Fsp3) is 0.786. The zero-order chi connectivity index (χ0) is 12.7. The van der Waals surface area contributed by atoms with Crippen LogP contribution >= 0.6 is 0 Å². The zero-order valence-corrected chi connectivity index (χ0v) is 11.5. The monoisotopic (exact) mass is 248 g/mol. The molecule has 18 heavy (non-hydrogen) atoms. The molecule has 1 saturated carbocycles. The fourth-order valence-corrected chi connectivity index (χ4v) is 3.82. The van der Waals surface area contributed by atoms with E-state index < -0.39 is 0 Å². The van der Waals surface area contributed by atoms with Crippen molar-refractivity contribution in [2.24, 2.45) is 5.92 Å². The van der Waals surface area contributed by atoms with Crippen LogP contribution in [0, 0.1) is 12.8 Å². The Morgan fingerprint density at radius 2 is 2.06 bits per heavy atom. The molecule has 4 heteroatoms. The van der Waals surface area contributed by atoms with Crippen LogP contribution in [0.4, 0.5) is 11.5 Å². The van der Waals surface area contributed by atoms with Crippen LogP contribution in [0.25, 0.3) is 0 Å². The van der Waals surface area contributed by atoms with E-state index in [2.05, 4.69) is 21.6 Å². The molecular formula is C14H24N4. The second-order valence-corrected chi connectivity index (χ2v) is 5.73. The first-order valence-corrected chi connectivity index (χ1v) is 7.32. The average Bonchev–Trinajstić information content (AvgIpc) is 2.95. The van der Waals surface area contributed by atoms with Crippen molar-refractivity contribution in [1.82, 2.24) is 9.78 Å². The van der Waals surface area contributed by atoms with Gasteiger partial charge in [0.2, 0.25) is 0 Å². The first-order valence-electron chi connectivity index (χ1n) is 7.32. The van der Waals surface area contributed by atoms with Crippen molar-refractivity contribution in [2.75, 3.05) is 17.2 Å². The number of anilines is 2. The molecule has 4 nitrogen and oxygen atoms in total. The van der Waals surface area contributed by atoms with E-state index in [1.807, 2.05) is 6.92 Å². The minimum Gasteiger partial charge on any atom is -0.394 e. The number of fused-ring (bicyclic) bond motifs is 1. The Balaban J connectivity index is 1.98. The third-order valence-corrected chi connectivity index (χ3v) is 4.71. The third kappa shape index (κ3) is 1.70. The second kappa shape index (κ2) is 4.48. The first-order chi connectivity index (χ1) is 8.72. The molecule has 0 bridgehead atoms. The number of aryl methyl sites for hydroxylation is 2. The van der Waals surface area contributed by atoms with Crippen molar-refractivity contribution < 1.29 is 0 Å². The van der Waals surface area contributed by atoms with Crippen LogP contribution < -0.4 is 10.6 Å². The Labute approximate surface area is 109 Å². The molecule has 2 fully saturated rings. The summed E-state index contributed by atoms with van der Waals surface area (Å²) in [6.07, 6.45) is 6.82. The SMILES string of the molecule is CCn1nc(C)c(N)c1N1CCCC2CCCC21. The summed E-state index contributed by atoms with van der Waals surface area (Å²) in [5.41, 5.74) is 8.14. The van der Waals surface area contributed by atoms with Crippen molar-refractivity contribution in [1.29, 1.82) is 0 Å². The summed E-state index contributed by atoms with van der Waals surface area (Å²) in [6, 6.07) is 0.711. The van der Waals surface area contributed by atoms with Crippen LogP contribution in [0.5, 0.6) is 0 Å². The van der Waals surface area contributed by atoms with Gasteiger partial charge in [0.1, 0.15) is 0 Å². The minimum atomic E-state index is 0.711. The Morgan fingerprint density at radius 3 is 2.83 bits per heavy atom. The van der Waals surface area contributed by atoms with Crippen molar-refractivity contribution >= 4 is 11.5 Å². The maximum Gasteiger partial charge on any atom is 0.150 e. The summed E-state index contributed by atoms with van der Waals surface area (Å²) in [5, 5.41) is 4.57. The van der Waals surface area contributed by atoms with Crippen LogP contribution in [0.2, 0.25) is 0 Å². The summed E-state index contributed by atoms with van der Waals surface area (Å²) in [4.78, 5) is 2.56. The van der Waals surface area contributed by atoms with Gasteiger partial charge in [0.15, 0.2) is 5.82 Å². The highest BCUT2D eigenvalue weighted by Gasteiger charge is 2.37. The van der Waals surface area contributed by atoms with Gasteiger partial charge in [-0.15, -0.1) is 0 Å². The van der Waals surface area contributed by atoms with Crippen molar-refractivity contribution in [3.63, 3.8) is 0 Å². The van der Waals surface area contributed by atoms with E-state index in [4.69, 9.17) is 5.73 Å². The lowest BCUT2D eigenvalue weighted by molar-refractivity contribution is 0.356. The van der Waals surface area contributed by atoms with Gasteiger partial charge in [-0.2, -0.15) is 5.10 Å². The third-order valence-electron chi connectivity index (χ3n) is 4.71. The average molecular weight is 248 g/mol. The second-order valence-electron chi connectivity index (χ2n) is 5.73. The van der Waals surface area contributed by atoms with Crippen LogP contribution in [0.15, 0.2) is 0 Å². The molecule has 0 amide bonds. The van der Waals surface area contributed by atoms with Crippen molar-refractivity contribution in [3.05, 3.63) is 5.69 Å². The summed E-state index contributed by atoms with van der Waals surface area (Å²) < 4.78 is 2.09. The zero-order valence-electron chi connectivity index (χ0n) is 11.5. The van der Waals surface area contributed by atoms with Gasteiger partial charge in [-0.3, -0.25) is 0 Å². The lowest BCUT2D eigenvalue weighted by Crippen LogP contribution is -2.44. The molecule has 1 aliphatic heterocycles. The molecule has 2 heterocycles. The van der Waals surface area contributed by atoms with Crippen molar-refractivity contribution in [3.8, 4) is 0 Å². The van der Waals surface area contributed by atoms with E-state index in [9.17, 15) is 0 Å². The van der Waals surface area contributed by atoms with Crippen molar-refractivity contribution in [2.45, 2.75) is 58.5 Å². The first kappa shape index (κ1) is 11.9. The Morgan fingerprint density at radius 1 is 1.28 bits per heavy atom. The number of aromatic nitrogens is 2. The number of nitrogens with zero attached hydrogens (tertiary/aromatic N) is 3. The number of rotatable bonds is 2. The molecule has 1 aliphatic carbocycles. The van der Waals surface area contributed by atoms with Crippen LogP contribution in [-0.2, 0) is 6.54 Å². The molecule has 0 radical (unpaired) electrons. The number of piperidine rings is 1. The lowest BCUT2D eigenvalue weighted by atomic mass is 9.92. The highest BCUT2D eigenvalue weighted by Crippen LogP contribution is 2.41. The Kier molecular flexibility index (Phi) is 2.96. The molecule has 2 unspecified atom stereocenters. The molecule has 1 aromatic heterocycles. The van der Waals surface area contributed by atoms with Crippen LogP contribution in [0.3, 0.4) is 0 Å². The fourth-order valence-electron chi connectivity index (χ4n) is 3.82. The molecule has 2 atom stereocenters. The summed E-state index contributed by atoms with van der Waals surface area (Å²) in [7, 11) is 0. The molecule has 0 spiro atoms. The van der Waals surface area contributed by atoms with Crippen LogP contribution in [0.1, 0.15) is 44.7 Å². The maximum absolute atomic E-state index is 6.27. The molecule has 0 aromatic carbocycles. The summed E-state index contributed by atoms with van der Waals surface area (Å²) >= 11 is 0. The van der Waals surface area contributed by atoms with Gasteiger partial charge in [0.05, 0.1) is 11.4 Å². The van der Waals surface area contributed by atoms with E-state index in [-0.39, 0.29) is 0 Å². The van der Waals surface area contributed by atoms with Gasteiger partial charge in [-0.1, -0.05) is 6.42 Å². The molecular weight excluding hydrogens is 224 g/mol. The number of nitrogen functional groups attached to an aromatic ring is 1. The summed E-state index contributed by atoms with van der Waals surface area (Å²) in [5.74, 6) is 2.07.